The number of aromatic nitrogens is 3. The molecule has 0 bridgehead atoms. The number of rotatable bonds is 4. The third-order valence-electron chi connectivity index (χ3n) is 7.64. The first-order valence-corrected chi connectivity index (χ1v) is 14.6. The standard InChI is InChI=1S/C30H31FN6O3S/c1-6-16-22(20-14-39-13-19(20)18-11-34-28(35-24(16)18)37-9-7-8-15(37)2)25-23-17(10-32)27(36-29(38)40-30(3,4)5)41-26(23)21(31)12-33-25/h11-12,15H,6-9,13-14H2,1-5H3,(H,36,38)/t15-/m0/s1. The predicted molar refractivity (Wildman–Crippen MR) is 157 cm³/mol. The molecule has 212 valence electrons. The van der Waals surface area contributed by atoms with E-state index in [1.807, 2.05) is 6.20 Å². The molecule has 0 radical (unpaired) electrons. The molecule has 1 atom stereocenters. The van der Waals surface area contributed by atoms with Gasteiger partial charge in [-0.3, -0.25) is 10.3 Å². The van der Waals surface area contributed by atoms with Gasteiger partial charge in [-0.15, -0.1) is 11.3 Å². The van der Waals surface area contributed by atoms with Crippen LogP contribution in [-0.4, -0.2) is 39.2 Å². The molecular formula is C30H31FN6O3S. The zero-order chi connectivity index (χ0) is 29.1. The second kappa shape index (κ2) is 10.2. The van der Waals surface area contributed by atoms with Crippen molar-refractivity contribution in [3.63, 3.8) is 0 Å². The van der Waals surface area contributed by atoms with Gasteiger partial charge in [0.1, 0.15) is 16.7 Å². The lowest BCUT2D eigenvalue weighted by Crippen LogP contribution is -2.28. The molecule has 4 aromatic rings. The Morgan fingerprint density at radius 3 is 2.76 bits per heavy atom. The number of hydrogen-bond acceptors (Lipinski definition) is 9. The SMILES string of the molecule is CCc1c(-c2ncc(F)c3sc(NC(=O)OC(C)(C)C)c(C#N)c23)c2c(c3cnc(N4CCC[C@@H]4C)nc13)COC2. The molecule has 1 N–H and O–H groups in total. The summed E-state index contributed by atoms with van der Waals surface area (Å²) >= 11 is 0.995. The zero-order valence-corrected chi connectivity index (χ0v) is 24.5. The van der Waals surface area contributed by atoms with E-state index in [0.29, 0.717) is 42.7 Å². The highest BCUT2D eigenvalue weighted by atomic mass is 32.1. The van der Waals surface area contributed by atoms with Crippen molar-refractivity contribution >= 4 is 49.4 Å². The molecule has 6 rings (SSSR count). The number of hydrogen-bond donors (Lipinski definition) is 1. The fourth-order valence-electron chi connectivity index (χ4n) is 5.87. The van der Waals surface area contributed by atoms with Crippen molar-refractivity contribution in [2.75, 3.05) is 16.8 Å². The number of aryl methyl sites for hydroxylation is 1. The molecule has 1 fully saturated rings. The fraction of sp³-hybridized carbons (Fsp3) is 0.433. The van der Waals surface area contributed by atoms with Crippen LogP contribution in [0.1, 0.15) is 69.7 Å². The van der Waals surface area contributed by atoms with Crippen molar-refractivity contribution in [1.82, 2.24) is 15.0 Å². The number of thiophene rings is 1. The number of anilines is 2. The smallest absolute Gasteiger partial charge is 0.412 e. The molecule has 1 amide bonds. The van der Waals surface area contributed by atoms with Gasteiger partial charge in [0.05, 0.1) is 40.9 Å². The minimum absolute atomic E-state index is 0.141. The van der Waals surface area contributed by atoms with Crippen LogP contribution in [0.4, 0.5) is 20.1 Å². The first kappa shape index (κ1) is 27.3. The summed E-state index contributed by atoms with van der Waals surface area (Å²) in [7, 11) is 0. The minimum atomic E-state index is -0.735. The number of nitriles is 1. The van der Waals surface area contributed by atoms with Crippen molar-refractivity contribution in [3.05, 3.63) is 40.5 Å². The van der Waals surface area contributed by atoms with Gasteiger partial charge in [0.15, 0.2) is 5.82 Å². The van der Waals surface area contributed by atoms with Gasteiger partial charge in [-0.2, -0.15) is 5.26 Å². The third-order valence-corrected chi connectivity index (χ3v) is 8.76. The number of amides is 1. The summed E-state index contributed by atoms with van der Waals surface area (Å²) in [5, 5.41) is 14.4. The Kier molecular flexibility index (Phi) is 6.78. The van der Waals surface area contributed by atoms with E-state index in [4.69, 9.17) is 19.4 Å². The summed E-state index contributed by atoms with van der Waals surface area (Å²) in [6.45, 7) is 11.1. The van der Waals surface area contributed by atoms with Crippen LogP contribution in [0.5, 0.6) is 0 Å². The maximum atomic E-state index is 15.2. The molecule has 5 heterocycles. The molecular weight excluding hydrogens is 543 g/mol. The Morgan fingerprint density at radius 1 is 1.29 bits per heavy atom. The van der Waals surface area contributed by atoms with Crippen molar-refractivity contribution in [1.29, 1.82) is 5.26 Å². The molecule has 0 saturated carbocycles. The number of benzene rings is 1. The number of nitrogens with one attached hydrogen (secondary N) is 1. The molecule has 0 aliphatic carbocycles. The lowest BCUT2D eigenvalue weighted by molar-refractivity contribution is 0.0636. The van der Waals surface area contributed by atoms with Crippen LogP contribution in [0.25, 0.3) is 32.2 Å². The van der Waals surface area contributed by atoms with E-state index >= 15 is 4.39 Å². The summed E-state index contributed by atoms with van der Waals surface area (Å²) in [4.78, 5) is 29.2. The van der Waals surface area contributed by atoms with Crippen LogP contribution in [-0.2, 0) is 29.1 Å². The van der Waals surface area contributed by atoms with Crippen LogP contribution >= 0.6 is 11.3 Å². The maximum absolute atomic E-state index is 15.2. The average Bonchev–Trinajstić information content (AvgIpc) is 3.65. The van der Waals surface area contributed by atoms with Crippen LogP contribution in [0, 0.1) is 17.1 Å². The van der Waals surface area contributed by atoms with Gasteiger partial charge in [0.2, 0.25) is 5.95 Å². The largest absolute Gasteiger partial charge is 0.444 e. The van der Waals surface area contributed by atoms with Crippen molar-refractivity contribution in [3.8, 4) is 17.3 Å². The van der Waals surface area contributed by atoms with Crippen molar-refractivity contribution in [2.45, 2.75) is 78.7 Å². The lowest BCUT2D eigenvalue weighted by atomic mass is 9.88. The van der Waals surface area contributed by atoms with Gasteiger partial charge in [0.25, 0.3) is 0 Å². The van der Waals surface area contributed by atoms with Crippen molar-refractivity contribution in [2.24, 2.45) is 0 Å². The van der Waals surface area contributed by atoms with Crippen LogP contribution in [0.3, 0.4) is 0 Å². The topological polar surface area (TPSA) is 113 Å². The molecule has 0 spiro atoms. The molecule has 0 unspecified atom stereocenters. The van der Waals surface area contributed by atoms with Crippen LogP contribution < -0.4 is 10.2 Å². The average molecular weight is 575 g/mol. The number of carbonyl (C=O) groups is 1. The summed E-state index contributed by atoms with van der Waals surface area (Å²) in [5.41, 5.74) is 4.36. The summed E-state index contributed by atoms with van der Waals surface area (Å²) in [6.07, 6.45) is 5.17. The first-order valence-electron chi connectivity index (χ1n) is 13.8. The number of fused-ring (bicyclic) bond motifs is 4. The molecule has 2 aliphatic rings. The molecule has 3 aromatic heterocycles. The van der Waals surface area contributed by atoms with E-state index in [-0.39, 0.29) is 15.3 Å². The Balaban J connectivity index is 1.60. The molecule has 9 nitrogen and oxygen atoms in total. The molecule has 1 saturated heterocycles. The Labute approximate surface area is 241 Å². The second-order valence-corrected chi connectivity index (χ2v) is 12.5. The van der Waals surface area contributed by atoms with Gasteiger partial charge < -0.3 is 14.4 Å². The van der Waals surface area contributed by atoms with Gasteiger partial charge in [-0.25, -0.2) is 19.2 Å². The highest BCUT2D eigenvalue weighted by Gasteiger charge is 2.31. The van der Waals surface area contributed by atoms with E-state index in [0.717, 1.165) is 63.9 Å². The molecule has 11 heteroatoms. The fourth-order valence-corrected chi connectivity index (χ4v) is 6.91. The molecule has 41 heavy (non-hydrogen) atoms. The number of nitrogens with zero attached hydrogens (tertiary/aromatic N) is 5. The quantitative estimate of drug-likeness (QED) is 0.282. The Morgan fingerprint density at radius 2 is 2.07 bits per heavy atom. The predicted octanol–water partition coefficient (Wildman–Crippen LogP) is 6.85. The normalized spacial score (nSPS) is 16.8. The van der Waals surface area contributed by atoms with E-state index < -0.39 is 17.5 Å². The van der Waals surface area contributed by atoms with E-state index in [1.54, 1.807) is 20.8 Å². The molecule has 2 aliphatic heterocycles. The zero-order valence-electron chi connectivity index (χ0n) is 23.7. The third kappa shape index (κ3) is 4.65. The van der Waals surface area contributed by atoms with E-state index in [1.165, 1.54) is 6.20 Å². The van der Waals surface area contributed by atoms with Gasteiger partial charge in [-0.1, -0.05) is 6.92 Å². The molecule has 1 aromatic carbocycles. The summed E-state index contributed by atoms with van der Waals surface area (Å²) in [5.74, 6) is 0.123. The van der Waals surface area contributed by atoms with Crippen molar-refractivity contribution < 1.29 is 18.7 Å². The summed E-state index contributed by atoms with van der Waals surface area (Å²) in [6, 6.07) is 2.54. The lowest BCUT2D eigenvalue weighted by Gasteiger charge is -2.23. The highest BCUT2D eigenvalue weighted by Crippen LogP contribution is 2.46. The number of pyridine rings is 1. The minimum Gasteiger partial charge on any atom is -0.444 e. The number of ether oxygens (including phenoxy) is 2. The van der Waals surface area contributed by atoms with E-state index in [9.17, 15) is 10.1 Å². The summed E-state index contributed by atoms with van der Waals surface area (Å²) < 4.78 is 26.8. The highest BCUT2D eigenvalue weighted by molar-refractivity contribution is 7.23. The Hall–Kier alpha value is -3.88. The number of carbonyl (C=O) groups excluding carboxylic acids is 1. The second-order valence-electron chi connectivity index (χ2n) is 11.5. The van der Waals surface area contributed by atoms with Crippen LogP contribution in [0.15, 0.2) is 12.4 Å². The van der Waals surface area contributed by atoms with Gasteiger partial charge >= 0.3 is 6.09 Å². The maximum Gasteiger partial charge on any atom is 0.412 e. The monoisotopic (exact) mass is 574 g/mol. The van der Waals surface area contributed by atoms with Crippen LogP contribution in [0.2, 0.25) is 0 Å². The Bertz CT molecular complexity index is 1760. The van der Waals surface area contributed by atoms with Gasteiger partial charge in [0, 0.05) is 35.1 Å². The van der Waals surface area contributed by atoms with E-state index in [2.05, 4.69) is 35.1 Å². The number of halogens is 1. The van der Waals surface area contributed by atoms with Gasteiger partial charge in [-0.05, 0) is 63.6 Å². The first-order chi connectivity index (χ1) is 19.6.